The summed E-state index contributed by atoms with van der Waals surface area (Å²) in [5.74, 6) is -0.781. The zero-order valence-corrected chi connectivity index (χ0v) is 14.8. The molecule has 0 fully saturated rings. The highest BCUT2D eigenvalue weighted by atomic mass is 79.9. The molecule has 7 heteroatoms. The quantitative estimate of drug-likeness (QED) is 0.639. The topological polar surface area (TPSA) is 46.9 Å². The summed E-state index contributed by atoms with van der Waals surface area (Å²) in [7, 11) is 0. The molecule has 3 aromatic rings. The van der Waals surface area contributed by atoms with E-state index in [0.717, 1.165) is 8.95 Å². The Labute approximate surface area is 148 Å². The number of hydrogen-bond donors (Lipinski definition) is 1. The van der Waals surface area contributed by atoms with E-state index in [1.54, 1.807) is 30.5 Å². The van der Waals surface area contributed by atoms with E-state index in [-0.39, 0.29) is 17.3 Å². The van der Waals surface area contributed by atoms with E-state index in [1.807, 2.05) is 12.1 Å². The van der Waals surface area contributed by atoms with Crippen molar-refractivity contribution in [3.05, 3.63) is 75.2 Å². The van der Waals surface area contributed by atoms with Gasteiger partial charge in [0.1, 0.15) is 11.5 Å². The van der Waals surface area contributed by atoms with Crippen LogP contribution in [0, 0.1) is 5.82 Å². The first kappa shape index (κ1) is 15.9. The normalized spacial score (nSPS) is 10.6. The van der Waals surface area contributed by atoms with Crippen molar-refractivity contribution in [2.45, 2.75) is 0 Å². The average molecular weight is 439 g/mol. The third-order valence-electron chi connectivity index (χ3n) is 3.10. The number of nitrogens with zero attached hydrogens (tertiary/aromatic N) is 2. The molecule has 0 spiro atoms. The van der Waals surface area contributed by atoms with Crippen LogP contribution in [0.1, 0.15) is 10.5 Å². The summed E-state index contributed by atoms with van der Waals surface area (Å²) in [5, 5.41) is 6.89. The maximum absolute atomic E-state index is 13.8. The van der Waals surface area contributed by atoms with Crippen LogP contribution in [-0.2, 0) is 0 Å². The molecular formula is C16H10Br2FN3O. The zero-order valence-electron chi connectivity index (χ0n) is 11.6. The molecule has 0 saturated carbocycles. The van der Waals surface area contributed by atoms with E-state index in [2.05, 4.69) is 42.3 Å². The number of benzene rings is 2. The third kappa shape index (κ3) is 3.51. The lowest BCUT2D eigenvalue weighted by atomic mass is 10.3. The fourth-order valence-corrected chi connectivity index (χ4v) is 2.70. The molecule has 3 rings (SSSR count). The number of halogens is 3. The number of carbonyl (C=O) groups excluding carboxylic acids is 1. The van der Waals surface area contributed by atoms with Crippen LogP contribution in [0.3, 0.4) is 0 Å². The summed E-state index contributed by atoms with van der Waals surface area (Å²) < 4.78 is 16.7. The molecule has 23 heavy (non-hydrogen) atoms. The van der Waals surface area contributed by atoms with Gasteiger partial charge in [-0.3, -0.25) is 4.79 Å². The van der Waals surface area contributed by atoms with Crippen LogP contribution in [0.25, 0.3) is 5.69 Å². The lowest BCUT2D eigenvalue weighted by molar-refractivity contribution is 0.102. The Kier molecular flexibility index (Phi) is 4.58. The molecule has 1 amide bonds. The van der Waals surface area contributed by atoms with Crippen molar-refractivity contribution in [3.63, 3.8) is 0 Å². The van der Waals surface area contributed by atoms with Crippen molar-refractivity contribution in [1.29, 1.82) is 0 Å². The van der Waals surface area contributed by atoms with Crippen molar-refractivity contribution in [2.24, 2.45) is 0 Å². The van der Waals surface area contributed by atoms with E-state index in [4.69, 9.17) is 0 Å². The van der Waals surface area contributed by atoms with Gasteiger partial charge in [-0.1, -0.05) is 28.1 Å². The minimum Gasteiger partial charge on any atom is -0.320 e. The van der Waals surface area contributed by atoms with E-state index in [9.17, 15) is 9.18 Å². The number of aromatic nitrogens is 2. The molecule has 0 aliphatic rings. The smallest absolute Gasteiger partial charge is 0.276 e. The van der Waals surface area contributed by atoms with Crippen LogP contribution in [0.4, 0.5) is 10.1 Å². The minimum atomic E-state index is -0.405. The second kappa shape index (κ2) is 6.64. The van der Waals surface area contributed by atoms with Gasteiger partial charge in [0.15, 0.2) is 5.69 Å². The van der Waals surface area contributed by atoms with Crippen LogP contribution < -0.4 is 5.32 Å². The molecule has 0 aliphatic heterocycles. The molecule has 1 aromatic heterocycles. The average Bonchev–Trinajstić information content (AvgIpc) is 3.01. The standard InChI is InChI=1S/C16H10Br2FN3O/c17-10-5-6-11(18)14(9-10)20-16(23)13-7-8-22(21-13)15-4-2-1-3-12(15)19/h1-9H,(H,20,23). The summed E-state index contributed by atoms with van der Waals surface area (Å²) in [5.41, 5.74) is 1.10. The predicted molar refractivity (Wildman–Crippen MR) is 93.3 cm³/mol. The molecular weight excluding hydrogens is 429 g/mol. The molecule has 2 aromatic carbocycles. The maximum atomic E-state index is 13.8. The van der Waals surface area contributed by atoms with Gasteiger partial charge in [-0.2, -0.15) is 5.10 Å². The van der Waals surface area contributed by atoms with Crippen LogP contribution >= 0.6 is 31.9 Å². The Morgan fingerprint density at radius 2 is 1.91 bits per heavy atom. The molecule has 0 radical (unpaired) electrons. The number of hydrogen-bond acceptors (Lipinski definition) is 2. The zero-order chi connectivity index (χ0) is 16.4. The molecule has 1 heterocycles. The van der Waals surface area contributed by atoms with Crippen LogP contribution in [0.5, 0.6) is 0 Å². The number of anilines is 1. The monoisotopic (exact) mass is 437 g/mol. The van der Waals surface area contributed by atoms with Crippen molar-refractivity contribution in [2.75, 3.05) is 5.32 Å². The highest BCUT2D eigenvalue weighted by molar-refractivity contribution is 9.11. The summed E-state index contributed by atoms with van der Waals surface area (Å²) >= 11 is 6.72. The Bertz CT molecular complexity index is 879. The maximum Gasteiger partial charge on any atom is 0.276 e. The molecule has 0 bridgehead atoms. The summed E-state index contributed by atoms with van der Waals surface area (Å²) in [6.45, 7) is 0. The van der Waals surface area contributed by atoms with Crippen molar-refractivity contribution in [1.82, 2.24) is 9.78 Å². The van der Waals surface area contributed by atoms with Crippen LogP contribution in [-0.4, -0.2) is 15.7 Å². The SMILES string of the molecule is O=C(Nc1cc(Br)ccc1Br)c1ccn(-c2ccccc2F)n1. The lowest BCUT2D eigenvalue weighted by Gasteiger charge is -2.06. The Balaban J connectivity index is 1.84. The minimum absolute atomic E-state index is 0.195. The van der Waals surface area contributed by atoms with Gasteiger partial charge in [-0.15, -0.1) is 0 Å². The van der Waals surface area contributed by atoms with E-state index >= 15 is 0 Å². The molecule has 0 aliphatic carbocycles. The predicted octanol–water partition coefficient (Wildman–Crippen LogP) is 4.79. The fourth-order valence-electron chi connectivity index (χ4n) is 2.00. The van der Waals surface area contributed by atoms with Gasteiger partial charge in [0.2, 0.25) is 0 Å². The third-order valence-corrected chi connectivity index (χ3v) is 4.28. The van der Waals surface area contributed by atoms with E-state index in [1.165, 1.54) is 16.8 Å². The largest absolute Gasteiger partial charge is 0.320 e. The summed E-state index contributed by atoms with van der Waals surface area (Å²) in [4.78, 5) is 12.3. The Hall–Kier alpha value is -1.99. The van der Waals surface area contributed by atoms with Crippen molar-refractivity contribution >= 4 is 43.5 Å². The first-order valence-electron chi connectivity index (χ1n) is 6.61. The summed E-state index contributed by atoms with van der Waals surface area (Å²) in [6, 6.07) is 13.2. The van der Waals surface area contributed by atoms with Crippen LogP contribution in [0.2, 0.25) is 0 Å². The first-order chi connectivity index (χ1) is 11.0. The van der Waals surface area contributed by atoms with Gasteiger partial charge in [0, 0.05) is 15.1 Å². The number of para-hydroxylation sites is 1. The van der Waals surface area contributed by atoms with Gasteiger partial charge in [-0.25, -0.2) is 9.07 Å². The van der Waals surface area contributed by atoms with E-state index in [0.29, 0.717) is 5.69 Å². The Morgan fingerprint density at radius 3 is 2.70 bits per heavy atom. The van der Waals surface area contributed by atoms with Gasteiger partial charge in [-0.05, 0) is 52.3 Å². The number of nitrogens with one attached hydrogen (secondary N) is 1. The molecule has 0 atom stereocenters. The second-order valence-electron chi connectivity index (χ2n) is 4.68. The van der Waals surface area contributed by atoms with Crippen LogP contribution in [0.15, 0.2) is 63.7 Å². The molecule has 116 valence electrons. The van der Waals surface area contributed by atoms with E-state index < -0.39 is 5.82 Å². The summed E-state index contributed by atoms with van der Waals surface area (Å²) in [6.07, 6.45) is 1.54. The first-order valence-corrected chi connectivity index (χ1v) is 8.20. The van der Waals surface area contributed by atoms with Gasteiger partial charge in [0.25, 0.3) is 5.91 Å². The molecule has 0 unspecified atom stereocenters. The van der Waals surface area contributed by atoms with Crippen molar-refractivity contribution in [3.8, 4) is 5.69 Å². The van der Waals surface area contributed by atoms with Gasteiger partial charge in [0.05, 0.1) is 5.69 Å². The number of carbonyl (C=O) groups is 1. The second-order valence-corrected chi connectivity index (χ2v) is 6.45. The lowest BCUT2D eigenvalue weighted by Crippen LogP contribution is -2.13. The molecule has 1 N–H and O–H groups in total. The van der Waals surface area contributed by atoms with Crippen molar-refractivity contribution < 1.29 is 9.18 Å². The van der Waals surface area contributed by atoms with Gasteiger partial charge < -0.3 is 5.32 Å². The Morgan fingerprint density at radius 1 is 1.13 bits per heavy atom. The number of rotatable bonds is 3. The number of amides is 1. The fraction of sp³-hybridized carbons (Fsp3) is 0. The highest BCUT2D eigenvalue weighted by Crippen LogP contribution is 2.26. The molecule has 4 nitrogen and oxygen atoms in total. The molecule has 0 saturated heterocycles. The highest BCUT2D eigenvalue weighted by Gasteiger charge is 2.13. The van der Waals surface area contributed by atoms with Gasteiger partial charge >= 0.3 is 0 Å².